The van der Waals surface area contributed by atoms with Gasteiger partial charge < -0.3 is 10.4 Å². The number of aromatic nitrogens is 2. The van der Waals surface area contributed by atoms with Gasteiger partial charge >= 0.3 is 5.97 Å². The molecule has 0 aliphatic heterocycles. The van der Waals surface area contributed by atoms with Crippen molar-refractivity contribution >= 4 is 11.9 Å². The minimum Gasteiger partial charge on any atom is -0.481 e. The molecule has 6 nitrogen and oxygen atoms in total. The number of carboxylic acid groups (broad SMARTS) is 1. The Labute approximate surface area is 111 Å². The van der Waals surface area contributed by atoms with E-state index in [1.54, 1.807) is 0 Å². The molecule has 0 spiro atoms. The monoisotopic (exact) mass is 265 g/mol. The Bertz CT molecular complexity index is 476. The lowest BCUT2D eigenvalue weighted by Crippen LogP contribution is -2.29. The summed E-state index contributed by atoms with van der Waals surface area (Å²) < 4.78 is 0. The average molecular weight is 265 g/mol. The smallest absolute Gasteiger partial charge is 0.306 e. The Hall–Kier alpha value is -1.85. The van der Waals surface area contributed by atoms with Gasteiger partial charge in [-0.2, -0.15) is 5.10 Å². The summed E-state index contributed by atoms with van der Waals surface area (Å²) in [6.45, 7) is 4.25. The first-order valence-corrected chi connectivity index (χ1v) is 6.50. The maximum absolute atomic E-state index is 12.0. The van der Waals surface area contributed by atoms with Gasteiger partial charge in [-0.15, -0.1) is 0 Å². The maximum Gasteiger partial charge on any atom is 0.306 e. The van der Waals surface area contributed by atoms with Crippen molar-refractivity contribution in [2.75, 3.05) is 0 Å². The molecule has 2 rings (SSSR count). The number of carbonyl (C=O) groups excluding carboxylic acids is 1. The fourth-order valence-electron chi connectivity index (χ4n) is 2.60. The summed E-state index contributed by atoms with van der Waals surface area (Å²) in [7, 11) is 0. The van der Waals surface area contributed by atoms with Gasteiger partial charge in [-0.1, -0.05) is 0 Å². The minimum atomic E-state index is -0.795. The van der Waals surface area contributed by atoms with Crippen molar-refractivity contribution in [3.05, 3.63) is 17.0 Å². The van der Waals surface area contributed by atoms with E-state index in [4.69, 9.17) is 5.11 Å². The van der Waals surface area contributed by atoms with E-state index in [1.165, 1.54) is 0 Å². The zero-order valence-corrected chi connectivity index (χ0v) is 11.2. The lowest BCUT2D eigenvalue weighted by molar-refractivity contribution is -0.141. The Morgan fingerprint density at radius 3 is 2.58 bits per heavy atom. The largest absolute Gasteiger partial charge is 0.481 e. The summed E-state index contributed by atoms with van der Waals surface area (Å²) in [5.74, 6) is -1.39. The predicted octanol–water partition coefficient (Wildman–Crippen LogP) is 1.14. The molecule has 19 heavy (non-hydrogen) atoms. The number of nitrogens with zero attached hydrogens (tertiary/aromatic N) is 1. The van der Waals surface area contributed by atoms with E-state index in [9.17, 15) is 9.59 Å². The van der Waals surface area contributed by atoms with Crippen molar-refractivity contribution in [2.24, 2.45) is 11.8 Å². The van der Waals surface area contributed by atoms with Gasteiger partial charge in [-0.25, -0.2) is 0 Å². The van der Waals surface area contributed by atoms with Crippen LogP contribution < -0.4 is 5.32 Å². The molecule has 0 bridgehead atoms. The average Bonchev–Trinajstić information content (AvgIpc) is 2.95. The van der Waals surface area contributed by atoms with Crippen LogP contribution in [0.4, 0.5) is 0 Å². The van der Waals surface area contributed by atoms with Crippen molar-refractivity contribution in [1.29, 1.82) is 0 Å². The van der Waals surface area contributed by atoms with E-state index >= 15 is 0 Å². The van der Waals surface area contributed by atoms with Crippen LogP contribution in [-0.2, 0) is 16.1 Å². The lowest BCUT2D eigenvalue weighted by Gasteiger charge is -2.11. The van der Waals surface area contributed by atoms with Gasteiger partial charge in [0.25, 0.3) is 0 Å². The van der Waals surface area contributed by atoms with Crippen LogP contribution in [-0.4, -0.2) is 27.2 Å². The van der Waals surface area contributed by atoms with E-state index < -0.39 is 5.97 Å². The summed E-state index contributed by atoms with van der Waals surface area (Å²) in [6.07, 6.45) is 1.70. The zero-order chi connectivity index (χ0) is 14.0. The third-order valence-corrected chi connectivity index (χ3v) is 3.87. The van der Waals surface area contributed by atoms with E-state index in [2.05, 4.69) is 15.5 Å². The number of hydrogen-bond acceptors (Lipinski definition) is 3. The highest BCUT2D eigenvalue weighted by atomic mass is 16.4. The van der Waals surface area contributed by atoms with E-state index in [1.807, 2.05) is 13.8 Å². The highest BCUT2D eigenvalue weighted by Gasteiger charge is 2.33. The topological polar surface area (TPSA) is 95.1 Å². The van der Waals surface area contributed by atoms with Gasteiger partial charge in [0.1, 0.15) is 0 Å². The van der Waals surface area contributed by atoms with Crippen LogP contribution in [0.25, 0.3) is 0 Å². The molecular formula is C13H19N3O3. The SMILES string of the molecule is Cc1n[nH]c(C)c1CNC(=O)[C@H]1CC[C@@H](C(=O)O)C1. The lowest BCUT2D eigenvalue weighted by atomic mass is 10.0. The second kappa shape index (κ2) is 5.42. The van der Waals surface area contributed by atoms with Crippen molar-refractivity contribution in [2.45, 2.75) is 39.7 Å². The van der Waals surface area contributed by atoms with E-state index in [-0.39, 0.29) is 17.7 Å². The molecule has 0 aromatic carbocycles. The van der Waals surface area contributed by atoms with Crippen molar-refractivity contribution in [1.82, 2.24) is 15.5 Å². The van der Waals surface area contributed by atoms with Crippen LogP contribution in [0.15, 0.2) is 0 Å². The predicted molar refractivity (Wildman–Crippen MR) is 68.4 cm³/mol. The molecule has 0 radical (unpaired) electrons. The maximum atomic E-state index is 12.0. The molecule has 1 fully saturated rings. The number of carboxylic acids is 1. The molecule has 1 aliphatic rings. The summed E-state index contributed by atoms with van der Waals surface area (Å²) in [6, 6.07) is 0. The molecule has 1 amide bonds. The molecule has 0 unspecified atom stereocenters. The molecule has 1 aromatic rings. The number of aryl methyl sites for hydroxylation is 2. The van der Waals surface area contributed by atoms with Crippen LogP contribution in [0.1, 0.15) is 36.2 Å². The van der Waals surface area contributed by atoms with Crippen LogP contribution >= 0.6 is 0 Å². The number of carbonyl (C=O) groups is 2. The van der Waals surface area contributed by atoms with Crippen molar-refractivity contribution < 1.29 is 14.7 Å². The summed E-state index contributed by atoms with van der Waals surface area (Å²) >= 11 is 0. The van der Waals surface area contributed by atoms with Crippen molar-refractivity contribution in [3.8, 4) is 0 Å². The first-order chi connectivity index (χ1) is 8.99. The first-order valence-electron chi connectivity index (χ1n) is 6.50. The molecule has 1 heterocycles. The molecule has 3 N–H and O–H groups in total. The van der Waals surface area contributed by atoms with Gasteiger partial charge in [-0.3, -0.25) is 14.7 Å². The zero-order valence-electron chi connectivity index (χ0n) is 11.2. The number of aromatic amines is 1. The quantitative estimate of drug-likeness (QED) is 0.760. The molecule has 1 aromatic heterocycles. The summed E-state index contributed by atoms with van der Waals surface area (Å²) in [5.41, 5.74) is 2.83. The normalized spacial score (nSPS) is 22.4. The van der Waals surface area contributed by atoms with Gasteiger partial charge in [0.15, 0.2) is 0 Å². The van der Waals surface area contributed by atoms with E-state index in [0.717, 1.165) is 17.0 Å². The number of rotatable bonds is 4. The third-order valence-electron chi connectivity index (χ3n) is 3.87. The standard InChI is InChI=1S/C13H19N3O3/c1-7-11(8(2)16-15-7)6-14-12(17)9-3-4-10(5-9)13(18)19/h9-10H,3-6H2,1-2H3,(H,14,17)(H,15,16)(H,18,19)/t9-,10+/m0/s1. The van der Waals surface area contributed by atoms with Crippen LogP contribution in [0.5, 0.6) is 0 Å². The number of hydrogen-bond donors (Lipinski definition) is 3. The second-order valence-electron chi connectivity index (χ2n) is 5.18. The molecule has 6 heteroatoms. The van der Waals surface area contributed by atoms with Gasteiger partial charge in [0.2, 0.25) is 5.91 Å². The fourth-order valence-corrected chi connectivity index (χ4v) is 2.60. The molecule has 104 valence electrons. The Balaban J connectivity index is 1.87. The highest BCUT2D eigenvalue weighted by molar-refractivity contribution is 5.80. The molecule has 1 saturated carbocycles. The molecule has 1 aliphatic carbocycles. The molecule has 0 saturated heterocycles. The molecular weight excluding hydrogens is 246 g/mol. The van der Waals surface area contributed by atoms with Crippen LogP contribution in [0, 0.1) is 25.7 Å². The second-order valence-corrected chi connectivity index (χ2v) is 5.18. The fraction of sp³-hybridized carbons (Fsp3) is 0.615. The number of nitrogens with one attached hydrogen (secondary N) is 2. The van der Waals surface area contributed by atoms with Crippen LogP contribution in [0.3, 0.4) is 0 Å². The molecule has 2 atom stereocenters. The summed E-state index contributed by atoms with van der Waals surface area (Å²) in [5, 5.41) is 18.7. The number of aliphatic carboxylic acids is 1. The van der Waals surface area contributed by atoms with E-state index in [0.29, 0.717) is 25.8 Å². The Kier molecular flexibility index (Phi) is 3.87. The Morgan fingerprint density at radius 2 is 2.05 bits per heavy atom. The first kappa shape index (κ1) is 13.6. The third kappa shape index (κ3) is 2.94. The highest BCUT2D eigenvalue weighted by Crippen LogP contribution is 2.31. The number of amides is 1. The van der Waals surface area contributed by atoms with Gasteiger partial charge in [0, 0.05) is 23.7 Å². The van der Waals surface area contributed by atoms with Gasteiger partial charge in [-0.05, 0) is 33.1 Å². The summed E-state index contributed by atoms with van der Waals surface area (Å²) in [4.78, 5) is 22.9. The minimum absolute atomic E-state index is 0.0521. The van der Waals surface area contributed by atoms with Gasteiger partial charge in [0.05, 0.1) is 11.6 Å². The van der Waals surface area contributed by atoms with Crippen LogP contribution in [0.2, 0.25) is 0 Å². The number of H-pyrrole nitrogens is 1. The Morgan fingerprint density at radius 1 is 1.37 bits per heavy atom. The van der Waals surface area contributed by atoms with Crippen molar-refractivity contribution in [3.63, 3.8) is 0 Å².